The molecule has 0 aliphatic rings. The molecule has 0 aliphatic heterocycles. The highest BCUT2D eigenvalue weighted by molar-refractivity contribution is 7.33. The summed E-state index contributed by atoms with van der Waals surface area (Å²) in [6.45, 7) is 1.91. The molecule has 0 rings (SSSR count). The second-order valence-electron chi connectivity index (χ2n) is 2.42. The molecule has 84 valence electrons. The molecule has 0 heterocycles. The molecule has 0 bridgehead atoms. The van der Waals surface area contributed by atoms with Gasteiger partial charge in [0.2, 0.25) is 0 Å². The van der Waals surface area contributed by atoms with Crippen LogP contribution in [0.5, 0.6) is 0 Å². The molecule has 0 fully saturated rings. The van der Waals surface area contributed by atoms with Crippen molar-refractivity contribution in [3.63, 3.8) is 0 Å². The van der Waals surface area contributed by atoms with Crippen molar-refractivity contribution in [3.05, 3.63) is 0 Å². The van der Waals surface area contributed by atoms with Crippen LogP contribution in [-0.4, -0.2) is 36.4 Å². The van der Waals surface area contributed by atoms with Gasteiger partial charge in [0.1, 0.15) is 6.61 Å². The molecular formula is C5H14O7PSi+. The van der Waals surface area contributed by atoms with Crippen LogP contribution in [0.25, 0.3) is 0 Å². The summed E-state index contributed by atoms with van der Waals surface area (Å²) in [6.07, 6.45) is 0.187. The van der Waals surface area contributed by atoms with Crippen molar-refractivity contribution >= 4 is 17.1 Å². The predicted molar refractivity (Wildman–Crippen MR) is 48.1 cm³/mol. The van der Waals surface area contributed by atoms with Gasteiger partial charge >= 0.3 is 17.1 Å². The molecular weight excluding hydrogens is 231 g/mol. The van der Waals surface area contributed by atoms with Crippen LogP contribution < -0.4 is 0 Å². The van der Waals surface area contributed by atoms with Crippen LogP contribution in [0.4, 0.5) is 0 Å². The van der Waals surface area contributed by atoms with Crippen molar-refractivity contribution in [3.8, 4) is 0 Å². The molecule has 0 aromatic carbocycles. The monoisotopic (exact) mass is 245 g/mol. The van der Waals surface area contributed by atoms with E-state index in [0.717, 1.165) is 0 Å². The Morgan fingerprint density at radius 3 is 2.50 bits per heavy atom. The van der Waals surface area contributed by atoms with Gasteiger partial charge in [0.25, 0.3) is 0 Å². The summed E-state index contributed by atoms with van der Waals surface area (Å²) < 4.78 is 19.6. The third kappa shape index (κ3) is 10.2. The van der Waals surface area contributed by atoms with Crippen LogP contribution in [0.1, 0.15) is 13.3 Å². The predicted octanol–water partition coefficient (Wildman–Crippen LogP) is -0.0656. The van der Waals surface area contributed by atoms with Crippen molar-refractivity contribution in [2.75, 3.05) is 13.2 Å². The zero-order chi connectivity index (χ0) is 11.0. The fourth-order valence-electron chi connectivity index (χ4n) is 0.566. The maximum absolute atomic E-state index is 10.7. The third-order valence-electron chi connectivity index (χ3n) is 1.08. The normalized spacial score (nSPS) is 13.0. The number of rotatable bonds is 8. The van der Waals surface area contributed by atoms with Crippen molar-refractivity contribution in [1.82, 2.24) is 0 Å². The molecule has 0 amide bonds. The summed E-state index contributed by atoms with van der Waals surface area (Å²) in [5, 5.41) is 0. The zero-order valence-corrected chi connectivity index (χ0v) is 9.64. The molecule has 0 saturated heterocycles. The average molecular weight is 245 g/mol. The Hall–Kier alpha value is 0.0769. The third-order valence-corrected chi connectivity index (χ3v) is 2.73. The molecule has 0 saturated carbocycles. The fourth-order valence-corrected chi connectivity index (χ4v) is 1.70. The van der Waals surface area contributed by atoms with Crippen molar-refractivity contribution in [2.45, 2.75) is 19.4 Å². The first-order valence-corrected chi connectivity index (χ1v) is 7.17. The molecule has 0 spiro atoms. The van der Waals surface area contributed by atoms with Crippen molar-refractivity contribution < 1.29 is 33.0 Å². The van der Waals surface area contributed by atoms with Crippen LogP contribution in [0, 0.1) is 0 Å². The van der Waals surface area contributed by atoms with E-state index in [1.807, 2.05) is 0 Å². The van der Waals surface area contributed by atoms with Gasteiger partial charge in [0.15, 0.2) is 0 Å². The first-order chi connectivity index (χ1) is 6.45. The Kier molecular flexibility index (Phi) is 7.42. The maximum Gasteiger partial charge on any atom is 0.728 e. The molecule has 9 heteroatoms. The highest BCUT2D eigenvalue weighted by Gasteiger charge is 2.27. The Morgan fingerprint density at radius 2 is 2.00 bits per heavy atom. The molecule has 0 aliphatic carbocycles. The lowest BCUT2D eigenvalue weighted by molar-refractivity contribution is -0.205. The minimum absolute atomic E-state index is 0.00128. The van der Waals surface area contributed by atoms with E-state index < -0.39 is 17.1 Å². The zero-order valence-electron chi connectivity index (χ0n) is 7.75. The SMILES string of the molecule is CCOO[P+](=O)OCCC[Si](O)(O)O. The van der Waals surface area contributed by atoms with Crippen LogP contribution >= 0.6 is 8.25 Å². The quantitative estimate of drug-likeness (QED) is 0.181. The van der Waals surface area contributed by atoms with E-state index in [-0.39, 0.29) is 25.7 Å². The van der Waals surface area contributed by atoms with E-state index in [2.05, 4.69) is 14.1 Å². The fraction of sp³-hybridized carbons (Fsp3) is 1.00. The lowest BCUT2D eigenvalue weighted by Crippen LogP contribution is -2.34. The average Bonchev–Trinajstić information content (AvgIpc) is 2.07. The maximum atomic E-state index is 10.7. The topological polar surface area (TPSA) is 105 Å². The lowest BCUT2D eigenvalue weighted by atomic mass is 10.5. The summed E-state index contributed by atoms with van der Waals surface area (Å²) in [5.74, 6) is 0. The van der Waals surface area contributed by atoms with E-state index in [1.165, 1.54) is 0 Å². The van der Waals surface area contributed by atoms with E-state index in [4.69, 9.17) is 14.4 Å². The van der Waals surface area contributed by atoms with Gasteiger partial charge in [-0.05, 0) is 13.3 Å². The van der Waals surface area contributed by atoms with Gasteiger partial charge in [-0.15, -0.1) is 4.52 Å². The van der Waals surface area contributed by atoms with Gasteiger partial charge in [-0.1, -0.05) is 0 Å². The molecule has 0 radical (unpaired) electrons. The van der Waals surface area contributed by atoms with Crippen LogP contribution in [0.3, 0.4) is 0 Å². The Labute approximate surface area is 83.5 Å². The molecule has 14 heavy (non-hydrogen) atoms. The van der Waals surface area contributed by atoms with Gasteiger partial charge in [0, 0.05) is 10.6 Å². The summed E-state index contributed by atoms with van der Waals surface area (Å²) in [5.41, 5.74) is 0. The Morgan fingerprint density at radius 1 is 1.36 bits per heavy atom. The van der Waals surface area contributed by atoms with Crippen molar-refractivity contribution in [2.24, 2.45) is 0 Å². The second-order valence-corrected chi connectivity index (χ2v) is 5.32. The second kappa shape index (κ2) is 7.38. The summed E-state index contributed by atoms with van der Waals surface area (Å²) >= 11 is 0. The van der Waals surface area contributed by atoms with E-state index in [9.17, 15) is 4.57 Å². The summed E-state index contributed by atoms with van der Waals surface area (Å²) in [7, 11) is -6.34. The summed E-state index contributed by atoms with van der Waals surface area (Å²) in [6, 6.07) is -0.162. The lowest BCUT2D eigenvalue weighted by Gasteiger charge is -2.06. The first kappa shape index (κ1) is 14.1. The minimum Gasteiger partial charge on any atom is -0.390 e. The largest absolute Gasteiger partial charge is 0.728 e. The van der Waals surface area contributed by atoms with Gasteiger partial charge in [-0.25, -0.2) is 0 Å². The molecule has 1 unspecified atom stereocenters. The molecule has 0 aromatic heterocycles. The van der Waals surface area contributed by atoms with E-state index in [1.54, 1.807) is 6.92 Å². The van der Waals surface area contributed by atoms with Crippen LogP contribution in [0.2, 0.25) is 6.04 Å². The number of hydrogen-bond acceptors (Lipinski definition) is 7. The highest BCUT2D eigenvalue weighted by Crippen LogP contribution is 2.24. The molecule has 1 atom stereocenters. The van der Waals surface area contributed by atoms with E-state index >= 15 is 0 Å². The van der Waals surface area contributed by atoms with Gasteiger partial charge in [0.05, 0.1) is 11.3 Å². The smallest absolute Gasteiger partial charge is 0.390 e. The summed E-state index contributed by atoms with van der Waals surface area (Å²) in [4.78, 5) is 30.1. The Bertz CT molecular complexity index is 170. The molecule has 0 aromatic rings. The minimum atomic E-state index is -4.00. The van der Waals surface area contributed by atoms with Crippen molar-refractivity contribution in [1.29, 1.82) is 0 Å². The van der Waals surface area contributed by atoms with Gasteiger partial charge < -0.3 is 14.4 Å². The van der Waals surface area contributed by atoms with Crippen LogP contribution in [-0.2, 0) is 18.7 Å². The van der Waals surface area contributed by atoms with E-state index in [0.29, 0.717) is 0 Å². The first-order valence-electron chi connectivity index (χ1n) is 4.02. The van der Waals surface area contributed by atoms with Gasteiger partial charge in [-0.2, -0.15) is 4.89 Å². The Balaban J connectivity index is 3.32. The van der Waals surface area contributed by atoms with Gasteiger partial charge in [-0.3, -0.25) is 0 Å². The standard InChI is InChI=1S/C5H14O7PSi/c1-2-10-12-13(6)11-4-3-5-14(7,8)9/h7-9H,2-5H2,1H3/q+1. The van der Waals surface area contributed by atoms with Crippen LogP contribution in [0.15, 0.2) is 0 Å². The number of hydrogen-bond donors (Lipinski definition) is 3. The molecule has 7 nitrogen and oxygen atoms in total. The molecule has 3 N–H and O–H groups in total. The highest BCUT2D eigenvalue weighted by atomic mass is 31.1.